The Morgan fingerprint density at radius 2 is 1.81 bits per heavy atom. The number of hydrogen-bond donors (Lipinski definition) is 0. The Kier molecular flexibility index (Phi) is 3.48. The predicted molar refractivity (Wildman–Crippen MR) is 77.1 cm³/mol. The Bertz CT molecular complexity index is 875. The summed E-state index contributed by atoms with van der Waals surface area (Å²) < 4.78 is 10.6. The van der Waals surface area contributed by atoms with E-state index in [9.17, 15) is 4.79 Å². The minimum Gasteiger partial charge on any atom is -0.424 e. The van der Waals surface area contributed by atoms with E-state index >= 15 is 0 Å². The molecule has 0 saturated heterocycles. The van der Waals surface area contributed by atoms with Gasteiger partial charge >= 0.3 is 11.6 Å². The summed E-state index contributed by atoms with van der Waals surface area (Å²) in [5.74, 6) is 0.384. The van der Waals surface area contributed by atoms with Crippen molar-refractivity contribution in [2.24, 2.45) is 0 Å². The molecule has 6 nitrogen and oxygen atoms in total. The number of aryl methyl sites for hydroxylation is 1. The van der Waals surface area contributed by atoms with Crippen molar-refractivity contribution in [1.82, 2.24) is 15.0 Å². The molecule has 0 bridgehead atoms. The minimum absolute atomic E-state index is 0.0469. The number of aromatic nitrogens is 3. The first-order valence-corrected chi connectivity index (χ1v) is 6.56. The number of benzene rings is 1. The van der Waals surface area contributed by atoms with Crippen LogP contribution in [0.25, 0.3) is 11.0 Å². The first-order chi connectivity index (χ1) is 10.0. The Hall–Kier alpha value is -2.18. The molecule has 0 atom stereocenters. The lowest BCUT2D eigenvalue weighted by atomic mass is 10.1. The van der Waals surface area contributed by atoms with Gasteiger partial charge < -0.3 is 9.15 Å². The van der Waals surface area contributed by atoms with Gasteiger partial charge in [0.15, 0.2) is 0 Å². The molecule has 0 radical (unpaired) electrons. The van der Waals surface area contributed by atoms with E-state index in [2.05, 4.69) is 15.0 Å². The maximum atomic E-state index is 11.4. The van der Waals surface area contributed by atoms with Gasteiger partial charge in [-0.2, -0.15) is 15.0 Å². The summed E-state index contributed by atoms with van der Waals surface area (Å²) in [5.41, 5.74) is 0.797. The van der Waals surface area contributed by atoms with E-state index in [1.807, 2.05) is 6.92 Å². The number of fused-ring (bicyclic) bond motifs is 1. The highest BCUT2D eigenvalue weighted by molar-refractivity contribution is 6.31. The van der Waals surface area contributed by atoms with E-state index in [1.165, 1.54) is 6.07 Å². The topological polar surface area (TPSA) is 78.1 Å². The van der Waals surface area contributed by atoms with E-state index < -0.39 is 5.63 Å². The van der Waals surface area contributed by atoms with Gasteiger partial charge in [-0.15, -0.1) is 0 Å². The molecule has 3 rings (SSSR count). The normalized spacial score (nSPS) is 10.8. The standard InChI is InChI=1S/C13H7Cl2N3O3/c1-6-4-10(19)21-9-5-7(2-3-8(6)9)20-13-17-11(14)16-12(15)18-13/h2-5H,1H3. The van der Waals surface area contributed by atoms with Crippen LogP contribution in [0.2, 0.25) is 10.6 Å². The zero-order valence-corrected chi connectivity index (χ0v) is 12.1. The molecule has 0 unspecified atom stereocenters. The summed E-state index contributed by atoms with van der Waals surface area (Å²) in [6.07, 6.45) is 0. The van der Waals surface area contributed by atoms with Crippen molar-refractivity contribution in [3.63, 3.8) is 0 Å². The maximum absolute atomic E-state index is 11.4. The molecule has 0 aliphatic carbocycles. The first kappa shape index (κ1) is 13.8. The van der Waals surface area contributed by atoms with Gasteiger partial charge in [0.1, 0.15) is 11.3 Å². The summed E-state index contributed by atoms with van der Waals surface area (Å²) in [5, 5.41) is 0.662. The van der Waals surface area contributed by atoms with Crippen LogP contribution >= 0.6 is 23.2 Å². The predicted octanol–water partition coefficient (Wildman–Crippen LogP) is 3.39. The number of ether oxygens (including phenoxy) is 1. The molecule has 2 heterocycles. The summed E-state index contributed by atoms with van der Waals surface area (Å²) >= 11 is 11.3. The molecule has 3 aromatic rings. The van der Waals surface area contributed by atoms with Gasteiger partial charge in [-0.1, -0.05) is 0 Å². The van der Waals surface area contributed by atoms with Gasteiger partial charge in [-0.05, 0) is 47.8 Å². The molecular formula is C13H7Cl2N3O3. The second-order valence-corrected chi connectivity index (χ2v) is 4.84. The fraction of sp³-hybridized carbons (Fsp3) is 0.0769. The monoisotopic (exact) mass is 323 g/mol. The van der Waals surface area contributed by atoms with Crippen LogP contribution in [0.4, 0.5) is 0 Å². The van der Waals surface area contributed by atoms with Crippen molar-refractivity contribution in [2.75, 3.05) is 0 Å². The van der Waals surface area contributed by atoms with E-state index in [0.717, 1.165) is 10.9 Å². The number of hydrogen-bond acceptors (Lipinski definition) is 6. The van der Waals surface area contributed by atoms with E-state index in [-0.39, 0.29) is 16.6 Å². The molecular weight excluding hydrogens is 317 g/mol. The number of rotatable bonds is 2. The van der Waals surface area contributed by atoms with Gasteiger partial charge in [-0.3, -0.25) is 0 Å². The molecule has 2 aromatic heterocycles. The lowest BCUT2D eigenvalue weighted by molar-refractivity contribution is 0.438. The van der Waals surface area contributed by atoms with Crippen molar-refractivity contribution in [1.29, 1.82) is 0 Å². The Morgan fingerprint density at radius 1 is 1.10 bits per heavy atom. The quantitative estimate of drug-likeness (QED) is 0.672. The molecule has 0 N–H and O–H groups in total. The average Bonchev–Trinajstić information content (AvgIpc) is 2.36. The summed E-state index contributed by atoms with van der Waals surface area (Å²) in [6, 6.07) is 6.41. The van der Waals surface area contributed by atoms with Crippen LogP contribution in [0.15, 0.2) is 33.5 Å². The van der Waals surface area contributed by atoms with Crippen LogP contribution in [0.1, 0.15) is 5.56 Å². The second-order valence-electron chi connectivity index (χ2n) is 4.16. The zero-order chi connectivity index (χ0) is 15.0. The molecule has 8 heteroatoms. The fourth-order valence-corrected chi connectivity index (χ4v) is 2.18. The molecule has 0 saturated carbocycles. The average molecular weight is 324 g/mol. The third-order valence-corrected chi connectivity index (χ3v) is 3.03. The third kappa shape index (κ3) is 2.96. The van der Waals surface area contributed by atoms with Crippen LogP contribution in [-0.4, -0.2) is 15.0 Å². The van der Waals surface area contributed by atoms with Crippen LogP contribution in [0, 0.1) is 6.92 Å². The first-order valence-electron chi connectivity index (χ1n) is 5.81. The SMILES string of the molecule is Cc1cc(=O)oc2cc(Oc3nc(Cl)nc(Cl)n3)ccc12. The van der Waals surface area contributed by atoms with E-state index in [0.29, 0.717) is 11.3 Å². The summed E-state index contributed by atoms with van der Waals surface area (Å²) in [6.45, 7) is 1.82. The van der Waals surface area contributed by atoms with Crippen molar-refractivity contribution in [3.8, 4) is 11.8 Å². The lowest BCUT2D eigenvalue weighted by Crippen LogP contribution is -1.98. The lowest BCUT2D eigenvalue weighted by Gasteiger charge is -2.05. The van der Waals surface area contributed by atoms with Crippen molar-refractivity contribution < 1.29 is 9.15 Å². The van der Waals surface area contributed by atoms with Crippen LogP contribution in [0.5, 0.6) is 11.8 Å². The van der Waals surface area contributed by atoms with Crippen molar-refractivity contribution >= 4 is 34.2 Å². The highest BCUT2D eigenvalue weighted by Gasteiger charge is 2.08. The van der Waals surface area contributed by atoms with E-state index in [1.54, 1.807) is 18.2 Å². The van der Waals surface area contributed by atoms with Crippen LogP contribution in [0.3, 0.4) is 0 Å². The second kappa shape index (κ2) is 5.31. The Balaban J connectivity index is 2.03. The molecule has 21 heavy (non-hydrogen) atoms. The van der Waals surface area contributed by atoms with Gasteiger partial charge in [0.2, 0.25) is 10.6 Å². The largest absolute Gasteiger partial charge is 0.424 e. The van der Waals surface area contributed by atoms with Gasteiger partial charge in [0.25, 0.3) is 0 Å². The maximum Gasteiger partial charge on any atom is 0.336 e. The van der Waals surface area contributed by atoms with Crippen molar-refractivity contribution in [2.45, 2.75) is 6.92 Å². The van der Waals surface area contributed by atoms with Crippen LogP contribution < -0.4 is 10.4 Å². The minimum atomic E-state index is -0.427. The fourth-order valence-electron chi connectivity index (χ4n) is 1.83. The van der Waals surface area contributed by atoms with Gasteiger partial charge in [-0.25, -0.2) is 4.79 Å². The van der Waals surface area contributed by atoms with Gasteiger partial charge in [0, 0.05) is 17.5 Å². The zero-order valence-electron chi connectivity index (χ0n) is 10.6. The molecule has 0 aliphatic rings. The van der Waals surface area contributed by atoms with Crippen LogP contribution in [-0.2, 0) is 0 Å². The Labute approximate surface area is 128 Å². The third-order valence-electron chi connectivity index (χ3n) is 2.69. The van der Waals surface area contributed by atoms with Gasteiger partial charge in [0.05, 0.1) is 0 Å². The van der Waals surface area contributed by atoms with E-state index in [4.69, 9.17) is 32.4 Å². The summed E-state index contributed by atoms with van der Waals surface area (Å²) in [7, 11) is 0. The molecule has 0 aliphatic heterocycles. The molecule has 0 spiro atoms. The highest BCUT2D eigenvalue weighted by Crippen LogP contribution is 2.25. The van der Waals surface area contributed by atoms with Crippen molar-refractivity contribution in [3.05, 3.63) is 50.8 Å². The smallest absolute Gasteiger partial charge is 0.336 e. The number of nitrogens with zero attached hydrogens (tertiary/aromatic N) is 3. The molecule has 0 amide bonds. The molecule has 106 valence electrons. The summed E-state index contributed by atoms with van der Waals surface area (Å²) in [4.78, 5) is 22.6. The molecule has 0 fully saturated rings. The molecule has 1 aromatic carbocycles. The Morgan fingerprint density at radius 3 is 2.52 bits per heavy atom. The number of halogens is 2. The highest BCUT2D eigenvalue weighted by atomic mass is 35.5.